The van der Waals surface area contributed by atoms with Crippen LogP contribution < -0.4 is 31.1 Å². The van der Waals surface area contributed by atoms with Crippen LogP contribution in [0.4, 0.5) is 46.5 Å². The van der Waals surface area contributed by atoms with E-state index in [4.69, 9.17) is 19.8 Å². The molecule has 0 bridgehead atoms. The van der Waals surface area contributed by atoms with E-state index in [1.165, 1.54) is 42.2 Å². The van der Waals surface area contributed by atoms with Gasteiger partial charge in [-0.05, 0) is 105 Å². The van der Waals surface area contributed by atoms with Gasteiger partial charge in [-0.25, -0.2) is 19.9 Å². The summed E-state index contributed by atoms with van der Waals surface area (Å²) in [4.78, 5) is 57.4. The molecule has 0 spiro atoms. The van der Waals surface area contributed by atoms with Crippen LogP contribution in [0.2, 0.25) is 0 Å². The standard InChI is InChI=1S/C49H56N14O3/c1-34-42(16-9-17-43(34)58-47-51-33-53-49(60-47)62-26-22-41(23-27-62)66-31-35-10-4-2-5-11-35)57-45(65)19-18-44(64)55-38-14-8-15-39(28-38)56-46-50-32-52-48(59-46)61-24-20-40(21-25-61)63-30-37(29-54-63)36-12-6-3-7-13-36/h2,4-5,8-12,14-17,28-30,32-33,40-41H,3,6-7,13,18-27,31H2,1H3,(H,55,64)(H,57,65)(H,50,52,56,59)(H,51,53,58,60). The number of aromatic nitrogens is 8. The van der Waals surface area contributed by atoms with Gasteiger partial charge in [0, 0.05) is 73.5 Å². The first-order chi connectivity index (χ1) is 32.4. The molecule has 3 aliphatic rings. The molecule has 1 aliphatic carbocycles. The highest BCUT2D eigenvalue weighted by molar-refractivity contribution is 5.97. The van der Waals surface area contributed by atoms with E-state index in [1.807, 2.05) is 61.7 Å². The molecule has 3 aromatic carbocycles. The van der Waals surface area contributed by atoms with Crippen LogP contribution >= 0.6 is 0 Å². The number of benzene rings is 3. The molecule has 6 aromatic rings. The number of amides is 2. The molecule has 66 heavy (non-hydrogen) atoms. The summed E-state index contributed by atoms with van der Waals surface area (Å²) < 4.78 is 8.29. The summed E-state index contributed by atoms with van der Waals surface area (Å²) in [6, 6.07) is 23.4. The molecule has 2 fully saturated rings. The van der Waals surface area contributed by atoms with Gasteiger partial charge in [0.15, 0.2) is 0 Å². The molecule has 17 heteroatoms. The molecular weight excluding hydrogens is 833 g/mol. The van der Waals surface area contributed by atoms with Gasteiger partial charge >= 0.3 is 0 Å². The number of carbonyl (C=O) groups is 2. The van der Waals surface area contributed by atoms with Gasteiger partial charge in [-0.15, -0.1) is 0 Å². The van der Waals surface area contributed by atoms with E-state index in [0.717, 1.165) is 76.0 Å². The maximum absolute atomic E-state index is 13.1. The fourth-order valence-corrected chi connectivity index (χ4v) is 8.64. The number of rotatable bonds is 16. The summed E-state index contributed by atoms with van der Waals surface area (Å²) >= 11 is 0. The topological polar surface area (TPSA) is 193 Å². The summed E-state index contributed by atoms with van der Waals surface area (Å²) in [5, 5.41) is 17.1. The Morgan fingerprint density at radius 2 is 1.38 bits per heavy atom. The molecule has 0 unspecified atom stereocenters. The summed E-state index contributed by atoms with van der Waals surface area (Å²) in [6.07, 6.45) is 18.3. The summed E-state index contributed by atoms with van der Waals surface area (Å²) in [5.74, 6) is 1.46. The number of ether oxygens (including phenoxy) is 1. The number of piperidine rings is 2. The van der Waals surface area contributed by atoms with E-state index in [0.29, 0.717) is 53.5 Å². The second kappa shape index (κ2) is 21.1. The monoisotopic (exact) mass is 888 g/mol. The first kappa shape index (κ1) is 44.0. The Hall–Kier alpha value is -7.27. The number of nitrogens with zero attached hydrogens (tertiary/aromatic N) is 10. The molecule has 17 nitrogen and oxygen atoms in total. The van der Waals surface area contributed by atoms with E-state index >= 15 is 0 Å². The lowest BCUT2D eigenvalue weighted by Gasteiger charge is -2.32. The van der Waals surface area contributed by atoms with Crippen molar-refractivity contribution in [1.82, 2.24) is 39.7 Å². The van der Waals surface area contributed by atoms with Gasteiger partial charge in [0.1, 0.15) is 12.7 Å². The van der Waals surface area contributed by atoms with Crippen LogP contribution in [-0.4, -0.2) is 83.8 Å². The molecule has 2 amide bonds. The van der Waals surface area contributed by atoms with E-state index in [9.17, 15) is 9.59 Å². The van der Waals surface area contributed by atoms with Crippen molar-refractivity contribution in [2.75, 3.05) is 57.2 Å². The Kier molecular flexibility index (Phi) is 14.1. The highest BCUT2D eigenvalue weighted by Crippen LogP contribution is 2.31. The smallest absolute Gasteiger partial charge is 0.232 e. The molecule has 340 valence electrons. The quantitative estimate of drug-likeness (QED) is 0.0724. The van der Waals surface area contributed by atoms with Crippen molar-refractivity contribution in [2.24, 2.45) is 0 Å². The van der Waals surface area contributed by atoms with Gasteiger partial charge in [-0.3, -0.25) is 14.3 Å². The molecule has 0 saturated carbocycles. The minimum absolute atomic E-state index is 0.00216. The normalized spacial score (nSPS) is 15.8. The van der Waals surface area contributed by atoms with Gasteiger partial charge < -0.3 is 35.8 Å². The molecule has 0 atom stereocenters. The average molecular weight is 889 g/mol. The molecule has 0 radical (unpaired) electrons. The molecule has 3 aromatic heterocycles. The van der Waals surface area contributed by atoms with Gasteiger partial charge in [0.05, 0.1) is 24.9 Å². The van der Waals surface area contributed by atoms with Crippen molar-refractivity contribution in [3.05, 3.63) is 121 Å². The van der Waals surface area contributed by atoms with Crippen molar-refractivity contribution in [3.8, 4) is 0 Å². The van der Waals surface area contributed by atoms with E-state index in [-0.39, 0.29) is 30.8 Å². The van der Waals surface area contributed by atoms with Crippen LogP contribution in [0.25, 0.3) is 5.57 Å². The Bertz CT molecular complexity index is 2620. The third kappa shape index (κ3) is 11.5. The predicted molar refractivity (Wildman–Crippen MR) is 256 cm³/mol. The van der Waals surface area contributed by atoms with Crippen molar-refractivity contribution in [2.45, 2.75) is 89.9 Å². The fourth-order valence-electron chi connectivity index (χ4n) is 8.64. The lowest BCUT2D eigenvalue weighted by molar-refractivity contribution is -0.121. The highest BCUT2D eigenvalue weighted by atomic mass is 16.5. The number of nitrogens with one attached hydrogen (secondary N) is 4. The van der Waals surface area contributed by atoms with Crippen LogP contribution in [0.5, 0.6) is 0 Å². The second-order valence-corrected chi connectivity index (χ2v) is 17.0. The van der Waals surface area contributed by atoms with Crippen molar-refractivity contribution < 1.29 is 14.3 Å². The average Bonchev–Trinajstić information content (AvgIpc) is 3.86. The Labute approximate surface area is 384 Å². The SMILES string of the molecule is Cc1c(NC(=O)CCC(=O)Nc2cccc(Nc3ncnc(N4CCC(n5cc(C6=CCCCC6)cn5)CC4)n3)c2)cccc1Nc1ncnc(N2CCC(OCc3ccccc3)CC2)n1. The van der Waals surface area contributed by atoms with Crippen LogP contribution in [0.1, 0.15) is 86.9 Å². The van der Waals surface area contributed by atoms with Crippen LogP contribution in [-0.2, 0) is 20.9 Å². The lowest BCUT2D eigenvalue weighted by atomic mass is 9.96. The summed E-state index contributed by atoms with van der Waals surface area (Å²) in [7, 11) is 0. The summed E-state index contributed by atoms with van der Waals surface area (Å²) in [5.41, 5.74) is 7.29. The van der Waals surface area contributed by atoms with Crippen LogP contribution in [0, 0.1) is 6.92 Å². The van der Waals surface area contributed by atoms with Gasteiger partial charge in [0.2, 0.25) is 35.6 Å². The second-order valence-electron chi connectivity index (χ2n) is 17.0. The van der Waals surface area contributed by atoms with E-state index in [2.05, 4.69) is 80.1 Å². The molecule has 2 saturated heterocycles. The number of hydrogen-bond acceptors (Lipinski definition) is 14. The minimum atomic E-state index is -0.285. The zero-order chi connectivity index (χ0) is 45.1. The van der Waals surface area contributed by atoms with Gasteiger partial charge in [-0.2, -0.15) is 15.1 Å². The first-order valence-electron chi connectivity index (χ1n) is 23.0. The van der Waals surface area contributed by atoms with Gasteiger partial charge in [0.25, 0.3) is 0 Å². The highest BCUT2D eigenvalue weighted by Gasteiger charge is 2.25. The number of carbonyl (C=O) groups excluding carboxylic acids is 2. The largest absolute Gasteiger partial charge is 0.373 e. The third-order valence-electron chi connectivity index (χ3n) is 12.4. The summed E-state index contributed by atoms with van der Waals surface area (Å²) in [6.45, 7) is 5.69. The minimum Gasteiger partial charge on any atom is -0.373 e. The number of anilines is 8. The fraction of sp³-hybridized carbons (Fsp3) is 0.367. The zero-order valence-electron chi connectivity index (χ0n) is 37.3. The molecule has 2 aliphatic heterocycles. The maximum Gasteiger partial charge on any atom is 0.232 e. The molecule has 4 N–H and O–H groups in total. The first-order valence-corrected chi connectivity index (χ1v) is 23.0. The Balaban J connectivity index is 0.715. The Morgan fingerprint density at radius 3 is 2.11 bits per heavy atom. The van der Waals surface area contributed by atoms with Crippen molar-refractivity contribution in [3.63, 3.8) is 0 Å². The van der Waals surface area contributed by atoms with E-state index < -0.39 is 0 Å². The third-order valence-corrected chi connectivity index (χ3v) is 12.4. The lowest BCUT2D eigenvalue weighted by Crippen LogP contribution is -2.38. The van der Waals surface area contributed by atoms with Crippen LogP contribution in [0.3, 0.4) is 0 Å². The number of allylic oxidation sites excluding steroid dienone is 2. The molecule has 5 heterocycles. The molecular formula is C49H56N14O3. The van der Waals surface area contributed by atoms with E-state index in [1.54, 1.807) is 12.1 Å². The Morgan fingerprint density at radius 1 is 0.712 bits per heavy atom. The van der Waals surface area contributed by atoms with Crippen molar-refractivity contribution >= 4 is 63.9 Å². The molecule has 9 rings (SSSR count). The van der Waals surface area contributed by atoms with Crippen LogP contribution in [0.15, 0.2) is 104 Å². The predicted octanol–water partition coefficient (Wildman–Crippen LogP) is 8.39. The van der Waals surface area contributed by atoms with Gasteiger partial charge in [-0.1, -0.05) is 48.5 Å². The zero-order valence-corrected chi connectivity index (χ0v) is 37.3. The maximum atomic E-state index is 13.1. The number of hydrogen-bond donors (Lipinski definition) is 4. The van der Waals surface area contributed by atoms with Crippen molar-refractivity contribution in [1.29, 1.82) is 0 Å².